The standard InChI is InChI=1S/C20H21FN2O3/c1-14-6-7-18-17(12-14)23(10-11-26-18)20(25)9-8-19(24)22-13-15-4-2-3-5-16(15)21/h2-7,12H,8-11,13H2,1H3,(H,22,24). The molecule has 2 aromatic rings. The number of hydrogen-bond acceptors (Lipinski definition) is 3. The molecule has 2 amide bonds. The first-order chi connectivity index (χ1) is 12.5. The predicted octanol–water partition coefficient (Wildman–Crippen LogP) is 2.96. The Morgan fingerprint density at radius 3 is 2.81 bits per heavy atom. The summed E-state index contributed by atoms with van der Waals surface area (Å²) in [6.45, 7) is 2.96. The molecule has 5 nitrogen and oxygen atoms in total. The lowest BCUT2D eigenvalue weighted by Crippen LogP contribution is -2.38. The van der Waals surface area contributed by atoms with Crippen LogP contribution in [0, 0.1) is 12.7 Å². The molecule has 26 heavy (non-hydrogen) atoms. The summed E-state index contributed by atoms with van der Waals surface area (Å²) in [5, 5.41) is 2.65. The van der Waals surface area contributed by atoms with Crippen molar-refractivity contribution in [2.75, 3.05) is 18.1 Å². The van der Waals surface area contributed by atoms with Gasteiger partial charge in [-0.15, -0.1) is 0 Å². The van der Waals surface area contributed by atoms with Gasteiger partial charge >= 0.3 is 0 Å². The van der Waals surface area contributed by atoms with Crippen molar-refractivity contribution in [3.63, 3.8) is 0 Å². The summed E-state index contributed by atoms with van der Waals surface area (Å²) in [5.41, 5.74) is 2.20. The summed E-state index contributed by atoms with van der Waals surface area (Å²) in [7, 11) is 0. The number of aryl methyl sites for hydroxylation is 1. The van der Waals surface area contributed by atoms with Crippen LogP contribution in [0.3, 0.4) is 0 Å². The highest BCUT2D eigenvalue weighted by Crippen LogP contribution is 2.32. The molecule has 0 unspecified atom stereocenters. The minimum atomic E-state index is -0.357. The molecule has 0 bridgehead atoms. The molecule has 1 N–H and O–H groups in total. The van der Waals surface area contributed by atoms with Gasteiger partial charge in [0.05, 0.1) is 12.2 Å². The maximum Gasteiger partial charge on any atom is 0.227 e. The Balaban J connectivity index is 1.54. The van der Waals surface area contributed by atoms with E-state index < -0.39 is 0 Å². The molecular weight excluding hydrogens is 335 g/mol. The van der Waals surface area contributed by atoms with Crippen LogP contribution in [-0.2, 0) is 16.1 Å². The fourth-order valence-corrected chi connectivity index (χ4v) is 2.87. The van der Waals surface area contributed by atoms with Crippen LogP contribution in [0.5, 0.6) is 5.75 Å². The number of anilines is 1. The summed E-state index contributed by atoms with van der Waals surface area (Å²) in [4.78, 5) is 26.2. The molecule has 0 spiro atoms. The summed E-state index contributed by atoms with van der Waals surface area (Å²) >= 11 is 0. The lowest BCUT2D eigenvalue weighted by Gasteiger charge is -2.30. The molecule has 0 saturated heterocycles. The molecule has 0 radical (unpaired) electrons. The normalized spacial score (nSPS) is 12.9. The maximum atomic E-state index is 13.5. The second-order valence-corrected chi connectivity index (χ2v) is 6.23. The third-order valence-electron chi connectivity index (χ3n) is 4.28. The lowest BCUT2D eigenvalue weighted by molar-refractivity contribution is -0.125. The first-order valence-electron chi connectivity index (χ1n) is 8.58. The number of halogens is 1. The quantitative estimate of drug-likeness (QED) is 0.896. The first-order valence-corrected chi connectivity index (χ1v) is 8.58. The summed E-state index contributed by atoms with van der Waals surface area (Å²) < 4.78 is 19.1. The van der Waals surface area contributed by atoms with Gasteiger partial charge in [-0.05, 0) is 30.7 Å². The number of fused-ring (bicyclic) bond motifs is 1. The lowest BCUT2D eigenvalue weighted by atomic mass is 10.1. The zero-order valence-corrected chi connectivity index (χ0v) is 14.6. The van der Waals surface area contributed by atoms with Gasteiger partial charge in [0.15, 0.2) is 0 Å². The highest BCUT2D eigenvalue weighted by Gasteiger charge is 2.24. The number of rotatable bonds is 5. The molecule has 136 valence electrons. The molecule has 0 saturated carbocycles. The second kappa shape index (κ2) is 7.99. The van der Waals surface area contributed by atoms with Crippen molar-refractivity contribution >= 4 is 17.5 Å². The molecule has 2 aromatic carbocycles. The second-order valence-electron chi connectivity index (χ2n) is 6.23. The Labute approximate surface area is 151 Å². The first kappa shape index (κ1) is 17.9. The van der Waals surface area contributed by atoms with E-state index in [9.17, 15) is 14.0 Å². The van der Waals surface area contributed by atoms with Crippen molar-refractivity contribution in [3.05, 3.63) is 59.4 Å². The average molecular weight is 356 g/mol. The van der Waals surface area contributed by atoms with Gasteiger partial charge in [-0.3, -0.25) is 9.59 Å². The molecule has 0 fully saturated rings. The van der Waals surface area contributed by atoms with Crippen LogP contribution in [0.15, 0.2) is 42.5 Å². The highest BCUT2D eigenvalue weighted by molar-refractivity contribution is 5.97. The zero-order chi connectivity index (χ0) is 18.5. The number of carbonyl (C=O) groups excluding carboxylic acids is 2. The van der Waals surface area contributed by atoms with Gasteiger partial charge in [0.25, 0.3) is 0 Å². The van der Waals surface area contributed by atoms with Gasteiger partial charge in [0.1, 0.15) is 18.2 Å². The van der Waals surface area contributed by atoms with Gasteiger partial charge in [0, 0.05) is 24.9 Å². The van der Waals surface area contributed by atoms with Crippen LogP contribution in [0.25, 0.3) is 0 Å². The van der Waals surface area contributed by atoms with Crippen molar-refractivity contribution in [2.45, 2.75) is 26.3 Å². The van der Waals surface area contributed by atoms with E-state index in [0.29, 0.717) is 24.5 Å². The molecule has 6 heteroatoms. The monoisotopic (exact) mass is 356 g/mol. The fourth-order valence-electron chi connectivity index (χ4n) is 2.87. The number of benzene rings is 2. The van der Waals surface area contributed by atoms with E-state index >= 15 is 0 Å². The molecule has 1 aliphatic heterocycles. The Morgan fingerprint density at radius 1 is 1.19 bits per heavy atom. The molecule has 3 rings (SSSR count). The number of hydrogen-bond donors (Lipinski definition) is 1. The molecule has 0 aliphatic carbocycles. The SMILES string of the molecule is Cc1ccc2c(c1)N(C(=O)CCC(=O)NCc1ccccc1F)CCO2. The van der Waals surface area contributed by atoms with Crippen LogP contribution < -0.4 is 15.0 Å². The van der Waals surface area contributed by atoms with Gasteiger partial charge in [-0.2, -0.15) is 0 Å². The number of ether oxygens (including phenoxy) is 1. The van der Waals surface area contributed by atoms with Gasteiger partial charge in [-0.1, -0.05) is 24.3 Å². The summed E-state index contributed by atoms with van der Waals surface area (Å²) in [6, 6.07) is 12.0. The third kappa shape index (κ3) is 4.20. The molecule has 1 heterocycles. The number of amides is 2. The number of carbonyl (C=O) groups is 2. The number of nitrogens with one attached hydrogen (secondary N) is 1. The van der Waals surface area contributed by atoms with Gasteiger partial charge in [-0.25, -0.2) is 4.39 Å². The van der Waals surface area contributed by atoms with Crippen molar-refractivity contribution < 1.29 is 18.7 Å². The highest BCUT2D eigenvalue weighted by atomic mass is 19.1. The summed E-state index contributed by atoms with van der Waals surface area (Å²) in [6.07, 6.45) is 0.155. The molecular formula is C20H21FN2O3. The smallest absolute Gasteiger partial charge is 0.227 e. The Bertz CT molecular complexity index is 822. The zero-order valence-electron chi connectivity index (χ0n) is 14.6. The Hall–Kier alpha value is -2.89. The topological polar surface area (TPSA) is 58.6 Å². The van der Waals surface area contributed by atoms with E-state index in [-0.39, 0.29) is 37.0 Å². The predicted molar refractivity (Wildman–Crippen MR) is 96.5 cm³/mol. The van der Waals surface area contributed by atoms with E-state index in [1.54, 1.807) is 23.1 Å². The van der Waals surface area contributed by atoms with Crippen molar-refractivity contribution in [2.24, 2.45) is 0 Å². The van der Waals surface area contributed by atoms with Gasteiger partial charge in [0.2, 0.25) is 11.8 Å². The Morgan fingerprint density at radius 2 is 2.00 bits per heavy atom. The molecule has 0 aromatic heterocycles. The molecule has 1 aliphatic rings. The van der Waals surface area contributed by atoms with Crippen LogP contribution >= 0.6 is 0 Å². The minimum Gasteiger partial charge on any atom is -0.490 e. The van der Waals surface area contributed by atoms with Crippen molar-refractivity contribution in [1.82, 2.24) is 5.32 Å². The van der Waals surface area contributed by atoms with Crippen LogP contribution in [-0.4, -0.2) is 25.0 Å². The maximum absolute atomic E-state index is 13.5. The van der Waals surface area contributed by atoms with E-state index in [1.165, 1.54) is 6.07 Å². The molecule has 0 atom stereocenters. The van der Waals surface area contributed by atoms with Gasteiger partial charge < -0.3 is 15.0 Å². The van der Waals surface area contributed by atoms with Crippen molar-refractivity contribution in [3.8, 4) is 5.75 Å². The van der Waals surface area contributed by atoms with E-state index in [0.717, 1.165) is 11.3 Å². The van der Waals surface area contributed by atoms with E-state index in [1.807, 2.05) is 25.1 Å². The van der Waals surface area contributed by atoms with Crippen molar-refractivity contribution in [1.29, 1.82) is 0 Å². The minimum absolute atomic E-state index is 0.0613. The van der Waals surface area contributed by atoms with Crippen LogP contribution in [0.2, 0.25) is 0 Å². The fraction of sp³-hybridized carbons (Fsp3) is 0.300. The van der Waals surface area contributed by atoms with Crippen LogP contribution in [0.1, 0.15) is 24.0 Å². The number of nitrogens with zero attached hydrogens (tertiary/aromatic N) is 1. The third-order valence-corrected chi connectivity index (χ3v) is 4.28. The van der Waals surface area contributed by atoms with E-state index in [2.05, 4.69) is 5.32 Å². The Kier molecular flexibility index (Phi) is 5.51. The largest absolute Gasteiger partial charge is 0.490 e. The van der Waals surface area contributed by atoms with Crippen LogP contribution in [0.4, 0.5) is 10.1 Å². The average Bonchev–Trinajstić information content (AvgIpc) is 2.65. The summed E-state index contributed by atoms with van der Waals surface area (Å²) in [5.74, 6) is -0.0797. The van der Waals surface area contributed by atoms with E-state index in [4.69, 9.17) is 4.74 Å².